The largest absolute Gasteiger partial charge is 0.355 e. The summed E-state index contributed by atoms with van der Waals surface area (Å²) in [4.78, 5) is 10.3. The molecule has 0 atom stereocenters. The summed E-state index contributed by atoms with van der Waals surface area (Å²) in [7, 11) is 0. The molecule has 0 spiro atoms. The van der Waals surface area contributed by atoms with Crippen LogP contribution in [0, 0.1) is 0 Å². The van der Waals surface area contributed by atoms with E-state index >= 15 is 0 Å². The maximum atomic E-state index is 10.3. The zero-order valence-corrected chi connectivity index (χ0v) is 16.2. The highest BCUT2D eigenvalue weighted by molar-refractivity contribution is 5.66. The fraction of sp³-hybridized carbons (Fsp3) is 0.864. The Bertz CT molecular complexity index is 284. The summed E-state index contributed by atoms with van der Waals surface area (Å²) in [6, 6.07) is 0. The molecule has 0 aliphatic rings. The molecule has 0 heterocycles. The first-order chi connectivity index (χ1) is 11.8. The van der Waals surface area contributed by atoms with Crippen molar-refractivity contribution >= 4 is 5.97 Å². The lowest BCUT2D eigenvalue weighted by atomic mass is 10.1. The lowest BCUT2D eigenvalue weighted by Gasteiger charge is -2.01. The molecule has 0 saturated heterocycles. The third kappa shape index (κ3) is 21.2. The Kier molecular flexibility index (Phi) is 19.6. The van der Waals surface area contributed by atoms with Gasteiger partial charge in [-0.15, -0.1) is 0 Å². The Labute approximate surface area is 151 Å². The molecule has 0 aliphatic heterocycles. The fourth-order valence-corrected chi connectivity index (χ4v) is 3.05. The van der Waals surface area contributed by atoms with Crippen molar-refractivity contribution in [3.8, 4) is 0 Å². The molecule has 0 N–H and O–H groups in total. The van der Waals surface area contributed by atoms with E-state index in [1.165, 1.54) is 89.9 Å². The van der Waals surface area contributed by atoms with E-state index in [1.54, 1.807) is 0 Å². The van der Waals surface area contributed by atoms with Crippen molar-refractivity contribution in [2.75, 3.05) is 0 Å². The quantitative estimate of drug-likeness (QED) is 0.177. The third-order valence-corrected chi connectivity index (χ3v) is 4.64. The zero-order valence-electron chi connectivity index (χ0n) is 16.2. The summed E-state index contributed by atoms with van der Waals surface area (Å²) in [5.41, 5.74) is 0. The Morgan fingerprint density at radius 3 is 1.38 bits per heavy atom. The van der Waals surface area contributed by atoms with Gasteiger partial charge >= 0.3 is 5.97 Å². The van der Waals surface area contributed by atoms with E-state index in [9.17, 15) is 9.90 Å². The van der Waals surface area contributed by atoms with Gasteiger partial charge in [-0.25, -0.2) is 9.90 Å². The molecule has 0 unspecified atom stereocenters. The predicted molar refractivity (Wildman–Crippen MR) is 104 cm³/mol. The Hall–Kier alpha value is -0.790. The standard InChI is InChI=1S/C22H41O2/c1-2-3-4-5-6-7-8-9-10-11-12-13-14-15-16-17-18-19-20-21-22(23)24/h13-14H,2-12,15-21H2,1H3/b14-13-. The van der Waals surface area contributed by atoms with Crippen molar-refractivity contribution in [3.05, 3.63) is 12.2 Å². The second-order valence-corrected chi connectivity index (χ2v) is 7.12. The maximum Gasteiger partial charge on any atom is 0.355 e. The van der Waals surface area contributed by atoms with Crippen LogP contribution in [-0.2, 0) is 9.90 Å². The van der Waals surface area contributed by atoms with E-state index in [2.05, 4.69) is 19.1 Å². The number of allylic oxidation sites excluding steroid dienone is 2. The van der Waals surface area contributed by atoms with Gasteiger partial charge in [0, 0.05) is 0 Å². The van der Waals surface area contributed by atoms with Gasteiger partial charge in [-0.05, 0) is 32.1 Å². The zero-order chi connectivity index (χ0) is 17.7. The average molecular weight is 338 g/mol. The third-order valence-electron chi connectivity index (χ3n) is 4.64. The van der Waals surface area contributed by atoms with Crippen molar-refractivity contribution in [3.63, 3.8) is 0 Å². The number of unbranched alkanes of at least 4 members (excludes halogenated alkanes) is 15. The first-order valence-electron chi connectivity index (χ1n) is 10.6. The van der Waals surface area contributed by atoms with E-state index < -0.39 is 5.97 Å². The smallest absolute Gasteiger partial charge is 0.247 e. The van der Waals surface area contributed by atoms with Crippen LogP contribution in [-0.4, -0.2) is 5.97 Å². The van der Waals surface area contributed by atoms with Crippen molar-refractivity contribution in [1.29, 1.82) is 0 Å². The van der Waals surface area contributed by atoms with Crippen LogP contribution in [0.25, 0.3) is 0 Å². The Morgan fingerprint density at radius 2 is 0.958 bits per heavy atom. The van der Waals surface area contributed by atoms with Gasteiger partial charge in [0.2, 0.25) is 0 Å². The minimum Gasteiger partial charge on any atom is -0.247 e. The van der Waals surface area contributed by atoms with Crippen LogP contribution in [0.15, 0.2) is 12.2 Å². The molecule has 0 saturated carbocycles. The molecule has 141 valence electrons. The maximum absolute atomic E-state index is 10.3. The summed E-state index contributed by atoms with van der Waals surface area (Å²) < 4.78 is 0. The summed E-state index contributed by atoms with van der Waals surface area (Å²) in [6.07, 6.45) is 26.8. The first-order valence-corrected chi connectivity index (χ1v) is 10.6. The normalized spacial score (nSPS) is 11.4. The van der Waals surface area contributed by atoms with Crippen LogP contribution in [0.5, 0.6) is 0 Å². The van der Waals surface area contributed by atoms with E-state index in [-0.39, 0.29) is 6.42 Å². The van der Waals surface area contributed by atoms with Crippen LogP contribution in [0.2, 0.25) is 0 Å². The number of carbonyl (C=O) groups excluding carboxylic acids is 1. The van der Waals surface area contributed by atoms with Gasteiger partial charge < -0.3 is 0 Å². The lowest BCUT2D eigenvalue weighted by molar-refractivity contribution is -0.143. The van der Waals surface area contributed by atoms with Crippen molar-refractivity contribution in [1.82, 2.24) is 0 Å². The summed E-state index contributed by atoms with van der Waals surface area (Å²) >= 11 is 0. The SMILES string of the molecule is CCCCCCCCCCCC/C=C\CCCCCCCC([O])=O. The molecular weight excluding hydrogens is 296 g/mol. The molecule has 0 fully saturated rings. The van der Waals surface area contributed by atoms with Crippen molar-refractivity contribution in [2.24, 2.45) is 0 Å². The van der Waals surface area contributed by atoms with Crippen LogP contribution in [0.4, 0.5) is 0 Å². The second kappa shape index (κ2) is 20.3. The molecule has 0 amide bonds. The number of rotatable bonds is 19. The number of hydrogen-bond acceptors (Lipinski definition) is 1. The molecule has 24 heavy (non-hydrogen) atoms. The first kappa shape index (κ1) is 23.2. The molecule has 0 aromatic rings. The molecule has 2 heteroatoms. The molecule has 0 bridgehead atoms. The molecule has 0 rings (SSSR count). The highest BCUT2D eigenvalue weighted by atomic mass is 16.4. The van der Waals surface area contributed by atoms with Crippen molar-refractivity contribution < 1.29 is 9.90 Å². The summed E-state index contributed by atoms with van der Waals surface area (Å²) in [5.74, 6) is -0.912. The Morgan fingerprint density at radius 1 is 0.583 bits per heavy atom. The van der Waals surface area contributed by atoms with Gasteiger partial charge in [-0.2, -0.15) is 0 Å². The molecule has 0 aromatic carbocycles. The molecule has 0 aliphatic carbocycles. The highest BCUT2D eigenvalue weighted by Crippen LogP contribution is 2.12. The van der Waals surface area contributed by atoms with Crippen LogP contribution >= 0.6 is 0 Å². The second-order valence-electron chi connectivity index (χ2n) is 7.12. The van der Waals surface area contributed by atoms with Gasteiger partial charge in [-0.3, -0.25) is 0 Å². The van der Waals surface area contributed by atoms with E-state index in [4.69, 9.17) is 0 Å². The number of hydrogen-bond donors (Lipinski definition) is 0. The number of carbonyl (C=O) groups is 1. The molecule has 0 aromatic heterocycles. The highest BCUT2D eigenvalue weighted by Gasteiger charge is 1.98. The van der Waals surface area contributed by atoms with Gasteiger partial charge in [0.15, 0.2) is 0 Å². The van der Waals surface area contributed by atoms with Crippen molar-refractivity contribution in [2.45, 2.75) is 122 Å². The monoisotopic (exact) mass is 337 g/mol. The summed E-state index contributed by atoms with van der Waals surface area (Å²) in [6.45, 7) is 2.28. The lowest BCUT2D eigenvalue weighted by Crippen LogP contribution is -1.91. The van der Waals surface area contributed by atoms with Gasteiger partial charge in [0.1, 0.15) is 0 Å². The molecule has 1 radical (unpaired) electrons. The van der Waals surface area contributed by atoms with Crippen LogP contribution in [0.3, 0.4) is 0 Å². The fourth-order valence-electron chi connectivity index (χ4n) is 3.05. The van der Waals surface area contributed by atoms with Gasteiger partial charge in [0.25, 0.3) is 0 Å². The topological polar surface area (TPSA) is 37.0 Å². The minimum atomic E-state index is -0.912. The van der Waals surface area contributed by atoms with Gasteiger partial charge in [-0.1, -0.05) is 96.1 Å². The van der Waals surface area contributed by atoms with E-state index in [0.29, 0.717) is 0 Å². The molecular formula is C22H41O2. The average Bonchev–Trinajstić information content (AvgIpc) is 2.56. The van der Waals surface area contributed by atoms with E-state index in [1.807, 2.05) is 0 Å². The van der Waals surface area contributed by atoms with Gasteiger partial charge in [0.05, 0.1) is 6.42 Å². The van der Waals surface area contributed by atoms with E-state index in [0.717, 1.165) is 19.3 Å². The van der Waals surface area contributed by atoms with Crippen LogP contribution < -0.4 is 0 Å². The summed E-state index contributed by atoms with van der Waals surface area (Å²) in [5, 5.41) is 10.3. The van der Waals surface area contributed by atoms with Crippen LogP contribution in [0.1, 0.15) is 122 Å². The molecule has 2 nitrogen and oxygen atoms in total. The minimum absolute atomic E-state index is 0.221. The Balaban J connectivity index is 3.07. The predicted octanol–water partition coefficient (Wildman–Crippen LogP) is 7.54.